The summed E-state index contributed by atoms with van der Waals surface area (Å²) in [6.45, 7) is 0. The van der Waals surface area contributed by atoms with Crippen molar-refractivity contribution in [3.05, 3.63) is 67.9 Å². The normalized spacial score (nSPS) is 12.4. The van der Waals surface area contributed by atoms with Crippen LogP contribution in [0.3, 0.4) is 0 Å². The molecule has 0 saturated carbocycles. The first kappa shape index (κ1) is 15.7. The van der Waals surface area contributed by atoms with Crippen molar-refractivity contribution >= 4 is 39.1 Å². The molecule has 0 spiro atoms. The maximum absolute atomic E-state index is 13.9. The summed E-state index contributed by atoms with van der Waals surface area (Å²) in [6.07, 6.45) is 0.378. The molecule has 0 aliphatic heterocycles. The molecule has 106 valence electrons. The van der Waals surface area contributed by atoms with Gasteiger partial charge in [-0.15, -0.1) is 0 Å². The summed E-state index contributed by atoms with van der Waals surface area (Å²) < 4.78 is 14.8. The predicted octanol–water partition coefficient (Wildman–Crippen LogP) is 4.64. The van der Waals surface area contributed by atoms with Crippen molar-refractivity contribution in [1.29, 1.82) is 0 Å². The van der Waals surface area contributed by atoms with E-state index >= 15 is 0 Å². The zero-order chi connectivity index (χ0) is 14.7. The van der Waals surface area contributed by atoms with Gasteiger partial charge >= 0.3 is 0 Å². The Bertz CT molecular complexity index is 622. The fourth-order valence-electron chi connectivity index (χ4n) is 1.97. The molecule has 6 heteroatoms. The van der Waals surface area contributed by atoms with Crippen LogP contribution in [0.1, 0.15) is 17.2 Å². The molecule has 0 saturated heterocycles. The lowest BCUT2D eigenvalue weighted by molar-refractivity contribution is 0.528. The van der Waals surface area contributed by atoms with Crippen LogP contribution in [0.2, 0.25) is 10.0 Å². The molecule has 0 radical (unpaired) electrons. The fourth-order valence-corrected chi connectivity index (χ4v) is 3.12. The molecule has 2 nitrogen and oxygen atoms in total. The Morgan fingerprint density at radius 2 is 2.00 bits per heavy atom. The molecule has 2 aromatic rings. The third kappa shape index (κ3) is 3.51. The van der Waals surface area contributed by atoms with Gasteiger partial charge in [-0.3, -0.25) is 11.3 Å². The van der Waals surface area contributed by atoms with Crippen LogP contribution in [-0.2, 0) is 6.42 Å². The first-order chi connectivity index (χ1) is 9.52. The van der Waals surface area contributed by atoms with Gasteiger partial charge in [0, 0.05) is 9.50 Å². The smallest absolute Gasteiger partial charge is 0.145 e. The molecular weight excluding hydrogens is 366 g/mol. The largest absolute Gasteiger partial charge is 0.271 e. The van der Waals surface area contributed by atoms with E-state index in [-0.39, 0.29) is 11.1 Å². The van der Waals surface area contributed by atoms with Crippen molar-refractivity contribution in [1.82, 2.24) is 5.43 Å². The molecule has 0 amide bonds. The standard InChI is InChI=1S/C14H12BrCl2FN2/c15-11-7-9(16)4-5-10(11)13(20-19)6-8-2-1-3-12(17)14(8)18/h1-5,7,13,20H,6,19H2. The van der Waals surface area contributed by atoms with Crippen molar-refractivity contribution in [2.75, 3.05) is 0 Å². The molecule has 0 aliphatic carbocycles. The quantitative estimate of drug-likeness (QED) is 0.601. The highest BCUT2D eigenvalue weighted by Crippen LogP contribution is 2.29. The van der Waals surface area contributed by atoms with Gasteiger partial charge in [-0.05, 0) is 35.7 Å². The Morgan fingerprint density at radius 1 is 1.25 bits per heavy atom. The summed E-state index contributed by atoms with van der Waals surface area (Å²) in [5.74, 6) is 5.17. The van der Waals surface area contributed by atoms with Crippen LogP contribution in [0.5, 0.6) is 0 Å². The number of rotatable bonds is 4. The second-order valence-electron chi connectivity index (χ2n) is 4.30. The third-order valence-electron chi connectivity index (χ3n) is 2.99. The lowest BCUT2D eigenvalue weighted by atomic mass is 9.99. The van der Waals surface area contributed by atoms with Crippen LogP contribution in [0.4, 0.5) is 4.39 Å². The van der Waals surface area contributed by atoms with Crippen molar-refractivity contribution in [2.45, 2.75) is 12.5 Å². The first-order valence-electron chi connectivity index (χ1n) is 5.87. The molecule has 2 aromatic carbocycles. The molecule has 1 unspecified atom stereocenters. The van der Waals surface area contributed by atoms with Crippen molar-refractivity contribution in [3.8, 4) is 0 Å². The molecule has 0 heterocycles. The Labute approximate surface area is 135 Å². The second-order valence-corrected chi connectivity index (χ2v) is 6.00. The summed E-state index contributed by atoms with van der Waals surface area (Å²) >= 11 is 15.1. The number of hydrogen-bond acceptors (Lipinski definition) is 2. The predicted molar refractivity (Wildman–Crippen MR) is 84.3 cm³/mol. The van der Waals surface area contributed by atoms with Crippen molar-refractivity contribution in [2.24, 2.45) is 5.84 Å². The summed E-state index contributed by atoms with van der Waals surface area (Å²) in [7, 11) is 0. The van der Waals surface area contributed by atoms with Gasteiger partial charge in [0.2, 0.25) is 0 Å². The van der Waals surface area contributed by atoms with E-state index in [0.717, 1.165) is 10.0 Å². The molecule has 0 fully saturated rings. The minimum atomic E-state index is -0.417. The first-order valence-corrected chi connectivity index (χ1v) is 7.41. The van der Waals surface area contributed by atoms with E-state index in [1.165, 1.54) is 6.07 Å². The third-order valence-corrected chi connectivity index (χ3v) is 4.21. The van der Waals surface area contributed by atoms with Crippen LogP contribution in [-0.4, -0.2) is 0 Å². The highest BCUT2D eigenvalue weighted by atomic mass is 79.9. The van der Waals surface area contributed by atoms with Gasteiger partial charge in [0.25, 0.3) is 0 Å². The van der Waals surface area contributed by atoms with E-state index in [1.54, 1.807) is 24.3 Å². The topological polar surface area (TPSA) is 38.0 Å². The van der Waals surface area contributed by atoms with Gasteiger partial charge in [-0.2, -0.15) is 0 Å². The SMILES string of the molecule is NNC(Cc1cccc(Cl)c1F)c1ccc(Cl)cc1Br. The lowest BCUT2D eigenvalue weighted by Crippen LogP contribution is -2.30. The highest BCUT2D eigenvalue weighted by Gasteiger charge is 2.17. The van der Waals surface area contributed by atoms with Gasteiger partial charge < -0.3 is 0 Å². The van der Waals surface area contributed by atoms with E-state index in [1.807, 2.05) is 6.07 Å². The summed E-state index contributed by atoms with van der Waals surface area (Å²) in [5.41, 5.74) is 4.09. The minimum absolute atomic E-state index is 0.105. The highest BCUT2D eigenvalue weighted by molar-refractivity contribution is 9.10. The molecule has 0 aliphatic rings. The number of halogens is 4. The molecule has 0 bridgehead atoms. The summed E-state index contributed by atoms with van der Waals surface area (Å²) in [5, 5.41) is 0.721. The van der Waals surface area contributed by atoms with Crippen LogP contribution in [0.15, 0.2) is 40.9 Å². The molecule has 2 rings (SSSR count). The average molecular weight is 378 g/mol. The molecular formula is C14H12BrCl2FN2. The minimum Gasteiger partial charge on any atom is -0.271 e. The molecule has 0 aromatic heterocycles. The van der Waals surface area contributed by atoms with E-state index in [9.17, 15) is 4.39 Å². The van der Waals surface area contributed by atoms with E-state index in [2.05, 4.69) is 21.4 Å². The maximum atomic E-state index is 13.9. The van der Waals surface area contributed by atoms with Crippen LogP contribution in [0, 0.1) is 5.82 Å². The Hall–Kier alpha value is -0.650. The molecule has 20 heavy (non-hydrogen) atoms. The Balaban J connectivity index is 2.31. The van der Waals surface area contributed by atoms with Crippen LogP contribution >= 0.6 is 39.1 Å². The zero-order valence-electron chi connectivity index (χ0n) is 10.3. The van der Waals surface area contributed by atoms with Crippen LogP contribution < -0.4 is 11.3 Å². The number of nitrogens with one attached hydrogen (secondary N) is 1. The summed E-state index contributed by atoms with van der Waals surface area (Å²) in [6, 6.07) is 10.0. The number of hydrazine groups is 1. The zero-order valence-corrected chi connectivity index (χ0v) is 13.4. The lowest BCUT2D eigenvalue weighted by Gasteiger charge is -2.18. The second kappa shape index (κ2) is 6.87. The van der Waals surface area contributed by atoms with Gasteiger partial charge in [0.05, 0.1) is 11.1 Å². The number of benzene rings is 2. The van der Waals surface area contributed by atoms with Crippen molar-refractivity contribution in [3.63, 3.8) is 0 Å². The van der Waals surface area contributed by atoms with Crippen molar-refractivity contribution < 1.29 is 4.39 Å². The fraction of sp³-hybridized carbons (Fsp3) is 0.143. The van der Waals surface area contributed by atoms with Crippen LogP contribution in [0.25, 0.3) is 0 Å². The average Bonchev–Trinajstić information content (AvgIpc) is 2.41. The van der Waals surface area contributed by atoms with E-state index < -0.39 is 5.82 Å². The van der Waals surface area contributed by atoms with Gasteiger partial charge in [0.15, 0.2) is 0 Å². The van der Waals surface area contributed by atoms with Gasteiger partial charge in [-0.1, -0.05) is 57.3 Å². The number of hydrogen-bond donors (Lipinski definition) is 2. The maximum Gasteiger partial charge on any atom is 0.145 e. The summed E-state index contributed by atoms with van der Waals surface area (Å²) in [4.78, 5) is 0. The molecule has 1 atom stereocenters. The Kier molecular flexibility index (Phi) is 5.41. The van der Waals surface area contributed by atoms with Gasteiger partial charge in [0.1, 0.15) is 5.82 Å². The number of nitrogens with two attached hydrogens (primary N) is 1. The van der Waals surface area contributed by atoms with Gasteiger partial charge in [-0.25, -0.2) is 4.39 Å². The molecule has 3 N–H and O–H groups in total. The monoisotopic (exact) mass is 376 g/mol. The van der Waals surface area contributed by atoms with E-state index in [4.69, 9.17) is 29.0 Å². The van der Waals surface area contributed by atoms with E-state index in [0.29, 0.717) is 17.0 Å². The Morgan fingerprint density at radius 3 is 2.65 bits per heavy atom.